The minimum absolute atomic E-state index is 0.189. The maximum Gasteiger partial charge on any atom is 0.308 e. The number of hydrogen-bond acceptors (Lipinski definition) is 3. The molecule has 0 aliphatic heterocycles. The van der Waals surface area contributed by atoms with E-state index in [2.05, 4.69) is 24.3 Å². The molecular weight excluding hydrogens is 306 g/mol. The van der Waals surface area contributed by atoms with Crippen LogP contribution in [0.25, 0.3) is 11.1 Å². The summed E-state index contributed by atoms with van der Waals surface area (Å²) >= 11 is 0. The molecule has 0 spiro atoms. The molecule has 2 aromatic rings. The van der Waals surface area contributed by atoms with Gasteiger partial charge in [0.1, 0.15) is 0 Å². The largest absolute Gasteiger partial charge is 0.481 e. The third-order valence-electron chi connectivity index (χ3n) is 3.96. The van der Waals surface area contributed by atoms with Crippen molar-refractivity contribution in [2.45, 2.75) is 19.3 Å². The lowest BCUT2D eigenvalue weighted by Crippen LogP contribution is -2.30. The summed E-state index contributed by atoms with van der Waals surface area (Å²) in [6, 6.07) is 18.3. The van der Waals surface area contributed by atoms with Crippen molar-refractivity contribution in [3.8, 4) is 11.1 Å². The molecule has 0 aliphatic rings. The van der Waals surface area contributed by atoms with Gasteiger partial charge in [-0.1, -0.05) is 54.6 Å². The zero-order chi connectivity index (χ0) is 17.4. The molecule has 0 bridgehead atoms. The number of nitrogens with zero attached hydrogens (tertiary/aromatic N) is 1. The van der Waals surface area contributed by atoms with E-state index in [1.54, 1.807) is 0 Å². The summed E-state index contributed by atoms with van der Waals surface area (Å²) < 4.78 is 0. The van der Waals surface area contributed by atoms with Crippen LogP contribution in [0.1, 0.15) is 18.4 Å². The molecule has 2 N–H and O–H groups in total. The van der Waals surface area contributed by atoms with E-state index in [1.165, 1.54) is 0 Å². The first kappa shape index (κ1) is 17.7. The number of carbonyl (C=O) groups is 2. The minimum Gasteiger partial charge on any atom is -0.481 e. The Kier molecular flexibility index (Phi) is 6.51. The van der Waals surface area contributed by atoms with E-state index in [4.69, 9.17) is 10.3 Å². The molecule has 0 fully saturated rings. The standard InChI is InChI=1S/C19H21NO4/c21-14-20(24)13-18(19(22)23)8-4-5-15-9-11-17(12-10-15)16-6-2-1-3-7-16/h1-3,6-7,9-12,14,18,24H,4-5,8,13H2,(H,22,23). The smallest absolute Gasteiger partial charge is 0.308 e. The zero-order valence-electron chi connectivity index (χ0n) is 13.3. The molecule has 5 heteroatoms. The fourth-order valence-corrected chi connectivity index (χ4v) is 2.61. The fraction of sp³-hybridized carbons (Fsp3) is 0.263. The second kappa shape index (κ2) is 8.84. The predicted molar refractivity (Wildman–Crippen MR) is 90.5 cm³/mol. The molecular formula is C19H21NO4. The lowest BCUT2D eigenvalue weighted by atomic mass is 9.98. The molecule has 0 heterocycles. The highest BCUT2D eigenvalue weighted by atomic mass is 16.5. The van der Waals surface area contributed by atoms with Crippen LogP contribution in [-0.4, -0.2) is 34.3 Å². The topological polar surface area (TPSA) is 77.8 Å². The molecule has 5 nitrogen and oxygen atoms in total. The van der Waals surface area contributed by atoms with Gasteiger partial charge in [-0.15, -0.1) is 0 Å². The Morgan fingerprint density at radius 3 is 2.25 bits per heavy atom. The number of aliphatic carboxylic acids is 1. The van der Waals surface area contributed by atoms with Gasteiger partial charge in [-0.3, -0.25) is 14.8 Å². The second-order valence-electron chi connectivity index (χ2n) is 5.72. The average molecular weight is 327 g/mol. The second-order valence-corrected chi connectivity index (χ2v) is 5.72. The molecule has 0 aromatic heterocycles. The first-order chi connectivity index (χ1) is 11.6. The van der Waals surface area contributed by atoms with E-state index in [0.29, 0.717) is 17.9 Å². The molecule has 2 aromatic carbocycles. The fourth-order valence-electron chi connectivity index (χ4n) is 2.61. The number of carboxylic acids is 1. The quantitative estimate of drug-likeness (QED) is 0.421. The van der Waals surface area contributed by atoms with Gasteiger partial charge < -0.3 is 5.11 Å². The Balaban J connectivity index is 1.87. The Labute approximate surface area is 141 Å². The number of rotatable bonds is 9. The Morgan fingerprint density at radius 2 is 1.67 bits per heavy atom. The molecule has 0 radical (unpaired) electrons. The summed E-state index contributed by atoms with van der Waals surface area (Å²) in [5.74, 6) is -1.76. The van der Waals surface area contributed by atoms with Gasteiger partial charge in [-0.25, -0.2) is 5.06 Å². The average Bonchev–Trinajstić information content (AvgIpc) is 2.62. The summed E-state index contributed by atoms with van der Waals surface area (Å²) in [7, 11) is 0. The molecule has 0 saturated heterocycles. The zero-order valence-corrected chi connectivity index (χ0v) is 13.3. The van der Waals surface area contributed by atoms with E-state index in [1.807, 2.05) is 30.3 Å². The Hall–Kier alpha value is -2.66. The van der Waals surface area contributed by atoms with Crippen LogP contribution in [0.15, 0.2) is 54.6 Å². The summed E-state index contributed by atoms with van der Waals surface area (Å²) in [6.45, 7) is -0.189. The van der Waals surface area contributed by atoms with Crippen LogP contribution < -0.4 is 0 Å². The first-order valence-corrected chi connectivity index (χ1v) is 7.88. The highest BCUT2D eigenvalue weighted by Gasteiger charge is 2.19. The van der Waals surface area contributed by atoms with Gasteiger partial charge in [-0.2, -0.15) is 0 Å². The van der Waals surface area contributed by atoms with Gasteiger partial charge >= 0.3 is 5.97 Å². The molecule has 1 unspecified atom stereocenters. The number of hydrogen-bond donors (Lipinski definition) is 2. The lowest BCUT2D eigenvalue weighted by Gasteiger charge is -2.15. The van der Waals surface area contributed by atoms with E-state index >= 15 is 0 Å². The molecule has 1 amide bonds. The first-order valence-electron chi connectivity index (χ1n) is 7.88. The monoisotopic (exact) mass is 327 g/mol. The van der Waals surface area contributed by atoms with Crippen LogP contribution in [0, 0.1) is 5.92 Å². The number of carbonyl (C=O) groups excluding carboxylic acids is 1. The highest BCUT2D eigenvalue weighted by molar-refractivity contribution is 5.70. The van der Waals surface area contributed by atoms with Gasteiger partial charge in [0.2, 0.25) is 6.41 Å². The number of carboxylic acid groups (broad SMARTS) is 1. The van der Waals surface area contributed by atoms with Crippen LogP contribution in [0.5, 0.6) is 0 Å². The maximum atomic E-state index is 11.1. The van der Waals surface area contributed by atoms with Crippen LogP contribution in [0.2, 0.25) is 0 Å². The van der Waals surface area contributed by atoms with Crippen molar-refractivity contribution in [3.05, 3.63) is 60.2 Å². The van der Waals surface area contributed by atoms with Crippen molar-refractivity contribution in [2.24, 2.45) is 5.92 Å². The van der Waals surface area contributed by atoms with Crippen molar-refractivity contribution in [2.75, 3.05) is 6.54 Å². The normalized spacial score (nSPS) is 11.7. The van der Waals surface area contributed by atoms with Crippen molar-refractivity contribution < 1.29 is 19.9 Å². The molecule has 1 atom stereocenters. The number of amides is 1. The van der Waals surface area contributed by atoms with Crippen LogP contribution >= 0.6 is 0 Å². The van der Waals surface area contributed by atoms with E-state index < -0.39 is 11.9 Å². The molecule has 0 saturated carbocycles. The Morgan fingerprint density at radius 1 is 1.04 bits per heavy atom. The maximum absolute atomic E-state index is 11.1. The van der Waals surface area contributed by atoms with Crippen molar-refractivity contribution >= 4 is 12.4 Å². The third kappa shape index (κ3) is 5.21. The number of aryl methyl sites for hydroxylation is 1. The highest BCUT2D eigenvalue weighted by Crippen LogP contribution is 2.20. The number of hydroxylamine groups is 2. The lowest BCUT2D eigenvalue weighted by molar-refractivity contribution is -0.159. The van der Waals surface area contributed by atoms with Gasteiger partial charge in [0, 0.05) is 0 Å². The molecule has 0 aliphatic carbocycles. The number of benzene rings is 2. The van der Waals surface area contributed by atoms with Crippen LogP contribution in [0.3, 0.4) is 0 Å². The SMILES string of the molecule is O=CN(O)CC(CCCc1ccc(-c2ccccc2)cc1)C(=O)O. The Bertz CT molecular complexity index is 655. The van der Waals surface area contributed by atoms with Crippen molar-refractivity contribution in [1.82, 2.24) is 5.06 Å². The molecule has 24 heavy (non-hydrogen) atoms. The third-order valence-corrected chi connectivity index (χ3v) is 3.96. The van der Waals surface area contributed by atoms with Crippen molar-refractivity contribution in [1.29, 1.82) is 0 Å². The summed E-state index contributed by atoms with van der Waals surface area (Å²) in [6.07, 6.45) is 2.05. The molecule has 2 rings (SSSR count). The van der Waals surface area contributed by atoms with E-state index in [0.717, 1.165) is 23.1 Å². The van der Waals surface area contributed by atoms with Gasteiger partial charge in [0.05, 0.1) is 12.5 Å². The van der Waals surface area contributed by atoms with Crippen LogP contribution in [0.4, 0.5) is 0 Å². The minimum atomic E-state index is -1.00. The van der Waals surface area contributed by atoms with Crippen LogP contribution in [-0.2, 0) is 16.0 Å². The van der Waals surface area contributed by atoms with E-state index in [-0.39, 0.29) is 13.0 Å². The van der Waals surface area contributed by atoms with Gasteiger partial charge in [0.15, 0.2) is 0 Å². The predicted octanol–water partition coefficient (Wildman–Crippen LogP) is 3.22. The summed E-state index contributed by atoms with van der Waals surface area (Å²) in [4.78, 5) is 21.5. The van der Waals surface area contributed by atoms with E-state index in [9.17, 15) is 9.59 Å². The summed E-state index contributed by atoms with van der Waals surface area (Å²) in [5, 5.41) is 18.6. The molecule has 126 valence electrons. The van der Waals surface area contributed by atoms with Gasteiger partial charge in [-0.05, 0) is 36.0 Å². The van der Waals surface area contributed by atoms with Crippen molar-refractivity contribution in [3.63, 3.8) is 0 Å². The summed E-state index contributed by atoms with van der Waals surface area (Å²) in [5.41, 5.74) is 3.44. The van der Waals surface area contributed by atoms with Gasteiger partial charge in [0.25, 0.3) is 0 Å².